The summed E-state index contributed by atoms with van der Waals surface area (Å²) in [5.41, 5.74) is 2.12. The molecular formula is C16H20ClNOS. The second-order valence-corrected chi connectivity index (χ2v) is 7.38. The van der Waals surface area contributed by atoms with Crippen LogP contribution >= 0.6 is 22.9 Å². The molecule has 0 aliphatic heterocycles. The van der Waals surface area contributed by atoms with Gasteiger partial charge in [-0.2, -0.15) is 0 Å². The van der Waals surface area contributed by atoms with Crippen molar-refractivity contribution in [3.8, 4) is 0 Å². The van der Waals surface area contributed by atoms with Gasteiger partial charge in [0.05, 0.1) is 16.8 Å². The lowest BCUT2D eigenvalue weighted by atomic mass is 9.93. The first kappa shape index (κ1) is 15.5. The Balaban J connectivity index is 2.00. The van der Waals surface area contributed by atoms with Crippen LogP contribution in [-0.4, -0.2) is 16.2 Å². The number of benzene rings is 1. The highest BCUT2D eigenvalue weighted by Crippen LogP contribution is 2.25. The summed E-state index contributed by atoms with van der Waals surface area (Å²) in [5.74, 6) is 0. The molecule has 1 unspecified atom stereocenters. The van der Waals surface area contributed by atoms with Crippen LogP contribution in [0.25, 0.3) is 0 Å². The average molecular weight is 310 g/mol. The lowest BCUT2D eigenvalue weighted by molar-refractivity contribution is 0.175. The Morgan fingerprint density at radius 2 is 1.95 bits per heavy atom. The van der Waals surface area contributed by atoms with Crippen molar-refractivity contribution in [3.63, 3.8) is 0 Å². The van der Waals surface area contributed by atoms with E-state index in [1.54, 1.807) is 11.3 Å². The Hall–Kier alpha value is -0.900. The SMILES string of the molecule is CC(C)(C)c1csc(CC(O)Cc2ccccc2Cl)n1. The normalized spacial score (nSPS) is 13.4. The standard InChI is InChI=1S/C16H20ClNOS/c1-16(2,3)14-10-20-15(18-14)9-12(19)8-11-6-4-5-7-13(11)17/h4-7,10,12,19H,8-9H2,1-3H3. The molecular weight excluding hydrogens is 290 g/mol. The predicted octanol–water partition coefficient (Wildman–Crippen LogP) is 4.24. The van der Waals surface area contributed by atoms with Crippen molar-refractivity contribution in [1.29, 1.82) is 0 Å². The number of thiazole rings is 1. The van der Waals surface area contributed by atoms with Crippen LogP contribution in [0.3, 0.4) is 0 Å². The summed E-state index contributed by atoms with van der Waals surface area (Å²) in [5, 5.41) is 14.0. The van der Waals surface area contributed by atoms with Gasteiger partial charge in [0.15, 0.2) is 0 Å². The largest absolute Gasteiger partial charge is 0.392 e. The first-order chi connectivity index (χ1) is 9.36. The molecule has 1 atom stereocenters. The number of halogens is 1. The van der Waals surface area contributed by atoms with Crippen LogP contribution < -0.4 is 0 Å². The molecule has 2 nitrogen and oxygen atoms in total. The molecule has 0 saturated carbocycles. The molecule has 2 aromatic rings. The maximum atomic E-state index is 10.2. The number of rotatable bonds is 4. The zero-order chi connectivity index (χ0) is 14.8. The fraction of sp³-hybridized carbons (Fsp3) is 0.438. The lowest BCUT2D eigenvalue weighted by Gasteiger charge is -2.14. The molecule has 0 aliphatic carbocycles. The van der Waals surface area contributed by atoms with Crippen molar-refractivity contribution in [1.82, 2.24) is 4.98 Å². The molecule has 4 heteroatoms. The van der Waals surface area contributed by atoms with Crippen LogP contribution in [0.2, 0.25) is 5.02 Å². The first-order valence-corrected chi connectivity index (χ1v) is 7.98. The van der Waals surface area contributed by atoms with E-state index in [1.165, 1.54) is 0 Å². The Labute approximate surface area is 129 Å². The highest BCUT2D eigenvalue weighted by Gasteiger charge is 2.18. The molecule has 0 fully saturated rings. The smallest absolute Gasteiger partial charge is 0.0954 e. The van der Waals surface area contributed by atoms with Crippen LogP contribution in [0.5, 0.6) is 0 Å². The molecule has 0 bridgehead atoms. The van der Waals surface area contributed by atoms with Gasteiger partial charge in [-0.3, -0.25) is 0 Å². The number of hydrogen-bond acceptors (Lipinski definition) is 3. The summed E-state index contributed by atoms with van der Waals surface area (Å²) in [6.45, 7) is 6.43. The summed E-state index contributed by atoms with van der Waals surface area (Å²) in [6.07, 6.45) is 0.685. The third-order valence-corrected chi connectivity index (χ3v) is 4.38. The molecule has 1 aromatic heterocycles. The van der Waals surface area contributed by atoms with E-state index < -0.39 is 6.10 Å². The van der Waals surface area contributed by atoms with Crippen LogP contribution in [0.15, 0.2) is 29.6 Å². The van der Waals surface area contributed by atoms with Crippen molar-refractivity contribution in [3.05, 3.63) is 50.9 Å². The van der Waals surface area contributed by atoms with Gasteiger partial charge in [-0.25, -0.2) is 4.98 Å². The summed E-state index contributed by atoms with van der Waals surface area (Å²) < 4.78 is 0. The Morgan fingerprint density at radius 1 is 1.25 bits per heavy atom. The highest BCUT2D eigenvalue weighted by molar-refractivity contribution is 7.09. The molecule has 0 saturated heterocycles. The van der Waals surface area contributed by atoms with Gasteiger partial charge in [0.2, 0.25) is 0 Å². The van der Waals surface area contributed by atoms with Crippen molar-refractivity contribution < 1.29 is 5.11 Å². The van der Waals surface area contributed by atoms with E-state index in [1.807, 2.05) is 24.3 Å². The minimum atomic E-state index is -0.450. The van der Waals surface area contributed by atoms with Gasteiger partial charge in [-0.15, -0.1) is 11.3 Å². The second kappa shape index (κ2) is 6.25. The molecule has 0 aliphatic rings. The zero-order valence-electron chi connectivity index (χ0n) is 12.1. The van der Waals surface area contributed by atoms with E-state index in [2.05, 4.69) is 31.1 Å². The molecule has 108 valence electrons. The van der Waals surface area contributed by atoms with E-state index in [9.17, 15) is 5.11 Å². The van der Waals surface area contributed by atoms with Crippen LogP contribution in [0, 0.1) is 0 Å². The number of aliphatic hydroxyl groups excluding tert-OH is 1. The van der Waals surface area contributed by atoms with Gasteiger partial charge in [0, 0.05) is 28.7 Å². The summed E-state index contributed by atoms with van der Waals surface area (Å²) in [7, 11) is 0. The Kier molecular flexibility index (Phi) is 4.84. The molecule has 0 radical (unpaired) electrons. The Bertz CT molecular complexity index is 574. The van der Waals surface area contributed by atoms with Crippen LogP contribution in [0.1, 0.15) is 37.0 Å². The molecule has 1 aromatic carbocycles. The van der Waals surface area contributed by atoms with Crippen molar-refractivity contribution in [2.24, 2.45) is 0 Å². The third-order valence-electron chi connectivity index (χ3n) is 3.14. The monoisotopic (exact) mass is 309 g/mol. The fourth-order valence-corrected chi connectivity index (χ4v) is 3.25. The van der Waals surface area contributed by atoms with Crippen LogP contribution in [-0.2, 0) is 18.3 Å². The van der Waals surface area contributed by atoms with E-state index in [0.29, 0.717) is 17.9 Å². The van der Waals surface area contributed by atoms with E-state index in [0.717, 1.165) is 16.3 Å². The minimum absolute atomic E-state index is 0.0580. The van der Waals surface area contributed by atoms with Gasteiger partial charge in [0.1, 0.15) is 0 Å². The van der Waals surface area contributed by atoms with Crippen molar-refractivity contribution in [2.75, 3.05) is 0 Å². The average Bonchev–Trinajstić information content (AvgIpc) is 2.80. The molecule has 1 N–H and O–H groups in total. The molecule has 20 heavy (non-hydrogen) atoms. The van der Waals surface area contributed by atoms with Gasteiger partial charge in [-0.1, -0.05) is 50.6 Å². The number of nitrogens with zero attached hydrogens (tertiary/aromatic N) is 1. The van der Waals surface area contributed by atoms with E-state index in [-0.39, 0.29) is 5.41 Å². The number of aromatic nitrogens is 1. The molecule has 0 amide bonds. The summed E-state index contributed by atoms with van der Waals surface area (Å²) in [4.78, 5) is 4.61. The zero-order valence-corrected chi connectivity index (χ0v) is 13.6. The van der Waals surface area contributed by atoms with Crippen molar-refractivity contribution in [2.45, 2.75) is 45.1 Å². The van der Waals surface area contributed by atoms with Gasteiger partial charge < -0.3 is 5.11 Å². The second-order valence-electron chi connectivity index (χ2n) is 6.03. The fourth-order valence-electron chi connectivity index (χ4n) is 1.94. The summed E-state index contributed by atoms with van der Waals surface area (Å²) >= 11 is 7.73. The van der Waals surface area contributed by atoms with Gasteiger partial charge in [0.25, 0.3) is 0 Å². The topological polar surface area (TPSA) is 33.1 Å². The maximum absolute atomic E-state index is 10.2. The Morgan fingerprint density at radius 3 is 2.55 bits per heavy atom. The quantitative estimate of drug-likeness (QED) is 0.916. The maximum Gasteiger partial charge on any atom is 0.0954 e. The molecule has 0 spiro atoms. The summed E-state index contributed by atoms with van der Waals surface area (Å²) in [6, 6.07) is 7.64. The minimum Gasteiger partial charge on any atom is -0.392 e. The highest BCUT2D eigenvalue weighted by atomic mass is 35.5. The van der Waals surface area contributed by atoms with Crippen LogP contribution in [0.4, 0.5) is 0 Å². The first-order valence-electron chi connectivity index (χ1n) is 6.72. The van der Waals surface area contributed by atoms with Gasteiger partial charge >= 0.3 is 0 Å². The predicted molar refractivity (Wildman–Crippen MR) is 85.7 cm³/mol. The lowest BCUT2D eigenvalue weighted by Crippen LogP contribution is -2.15. The third kappa shape index (κ3) is 4.05. The van der Waals surface area contributed by atoms with E-state index in [4.69, 9.17) is 11.6 Å². The van der Waals surface area contributed by atoms with Crippen molar-refractivity contribution >= 4 is 22.9 Å². The van der Waals surface area contributed by atoms with Gasteiger partial charge in [-0.05, 0) is 11.6 Å². The molecule has 2 rings (SSSR count). The number of aliphatic hydroxyl groups is 1. The number of hydrogen-bond donors (Lipinski definition) is 1. The van der Waals surface area contributed by atoms with E-state index >= 15 is 0 Å². The molecule has 1 heterocycles.